The number of amides is 2. The summed E-state index contributed by atoms with van der Waals surface area (Å²) >= 11 is 1.44. The first-order valence-corrected chi connectivity index (χ1v) is 11.5. The minimum absolute atomic E-state index is 0.0152. The summed E-state index contributed by atoms with van der Waals surface area (Å²) < 4.78 is 5.68. The van der Waals surface area contributed by atoms with Gasteiger partial charge in [0.15, 0.2) is 5.13 Å². The number of benzene rings is 1. The number of hydrogen-bond donors (Lipinski definition) is 1. The van der Waals surface area contributed by atoms with Crippen molar-refractivity contribution in [3.05, 3.63) is 40.4 Å². The summed E-state index contributed by atoms with van der Waals surface area (Å²) in [5.41, 5.74) is 1.45. The van der Waals surface area contributed by atoms with Gasteiger partial charge in [-0.3, -0.25) is 9.59 Å². The molecule has 1 N–H and O–H groups in total. The van der Waals surface area contributed by atoms with Gasteiger partial charge >= 0.3 is 0 Å². The maximum atomic E-state index is 13.1. The molecule has 0 atom stereocenters. The second-order valence-electron chi connectivity index (χ2n) is 7.82. The van der Waals surface area contributed by atoms with Crippen LogP contribution in [0.1, 0.15) is 47.1 Å². The zero-order valence-corrected chi connectivity index (χ0v) is 20.1. The molecule has 1 aromatic heterocycles. The van der Waals surface area contributed by atoms with Crippen molar-refractivity contribution in [3.63, 3.8) is 0 Å². The van der Waals surface area contributed by atoms with Gasteiger partial charge in [0, 0.05) is 17.0 Å². The van der Waals surface area contributed by atoms with Gasteiger partial charge in [-0.05, 0) is 71.6 Å². The Morgan fingerprint density at radius 1 is 1.10 bits per heavy atom. The zero-order valence-electron chi connectivity index (χ0n) is 19.2. The van der Waals surface area contributed by atoms with Gasteiger partial charge < -0.3 is 19.9 Å². The first-order valence-electron chi connectivity index (χ1n) is 10.7. The first kappa shape index (κ1) is 24.8. The van der Waals surface area contributed by atoms with E-state index in [0.717, 1.165) is 42.1 Å². The highest BCUT2D eigenvalue weighted by Gasteiger charge is 2.20. The van der Waals surface area contributed by atoms with Gasteiger partial charge in [-0.15, -0.1) is 11.3 Å². The SMILES string of the molecule is CCCCOc1ccc(C(=O)N(CCCN(C)C)CC(=O)Nc2nc(C)c(C)s2)cc1. The summed E-state index contributed by atoms with van der Waals surface area (Å²) in [5, 5.41) is 3.39. The number of carbonyl (C=O) groups is 2. The summed E-state index contributed by atoms with van der Waals surface area (Å²) in [5.74, 6) is 0.336. The molecule has 170 valence electrons. The molecule has 0 saturated carbocycles. The van der Waals surface area contributed by atoms with Crippen LogP contribution in [0.25, 0.3) is 0 Å². The predicted octanol–water partition coefficient (Wildman–Crippen LogP) is 3.97. The Morgan fingerprint density at radius 2 is 1.81 bits per heavy atom. The summed E-state index contributed by atoms with van der Waals surface area (Å²) in [6.45, 7) is 7.97. The van der Waals surface area contributed by atoms with Crippen molar-refractivity contribution < 1.29 is 14.3 Å². The molecule has 1 heterocycles. The van der Waals surface area contributed by atoms with Crippen LogP contribution in [0.4, 0.5) is 5.13 Å². The Labute approximate surface area is 189 Å². The van der Waals surface area contributed by atoms with Gasteiger partial charge in [0.1, 0.15) is 12.3 Å². The van der Waals surface area contributed by atoms with E-state index < -0.39 is 0 Å². The van der Waals surface area contributed by atoms with Crippen molar-refractivity contribution in [2.45, 2.75) is 40.0 Å². The third-order valence-electron chi connectivity index (χ3n) is 4.80. The quantitative estimate of drug-likeness (QED) is 0.499. The molecule has 2 rings (SSSR count). The number of anilines is 1. The van der Waals surface area contributed by atoms with E-state index in [1.54, 1.807) is 17.0 Å². The fraction of sp³-hybridized carbons (Fsp3) is 0.522. The normalized spacial score (nSPS) is 10.9. The summed E-state index contributed by atoms with van der Waals surface area (Å²) in [6, 6.07) is 7.13. The van der Waals surface area contributed by atoms with Crippen molar-refractivity contribution in [3.8, 4) is 5.75 Å². The van der Waals surface area contributed by atoms with Crippen LogP contribution in [-0.4, -0.2) is 66.9 Å². The Morgan fingerprint density at radius 3 is 2.39 bits per heavy atom. The molecule has 31 heavy (non-hydrogen) atoms. The fourth-order valence-corrected chi connectivity index (χ4v) is 3.73. The van der Waals surface area contributed by atoms with Gasteiger partial charge in [-0.25, -0.2) is 4.98 Å². The van der Waals surface area contributed by atoms with Crippen molar-refractivity contribution in [1.82, 2.24) is 14.8 Å². The second kappa shape index (κ2) is 12.4. The first-order chi connectivity index (χ1) is 14.8. The highest BCUT2D eigenvalue weighted by atomic mass is 32.1. The van der Waals surface area contributed by atoms with Crippen LogP contribution >= 0.6 is 11.3 Å². The number of rotatable bonds is 12. The van der Waals surface area contributed by atoms with E-state index >= 15 is 0 Å². The number of thiazole rings is 1. The maximum Gasteiger partial charge on any atom is 0.254 e. The predicted molar refractivity (Wildman–Crippen MR) is 126 cm³/mol. The molecule has 2 amide bonds. The van der Waals surface area contributed by atoms with Crippen molar-refractivity contribution >= 4 is 28.3 Å². The molecule has 0 spiro atoms. The molecule has 1 aromatic carbocycles. The van der Waals surface area contributed by atoms with Gasteiger partial charge in [-0.2, -0.15) is 0 Å². The van der Waals surface area contributed by atoms with Crippen LogP contribution in [0, 0.1) is 13.8 Å². The highest BCUT2D eigenvalue weighted by molar-refractivity contribution is 7.15. The van der Waals surface area contributed by atoms with Crippen molar-refractivity contribution in [2.75, 3.05) is 45.7 Å². The monoisotopic (exact) mass is 446 g/mol. The third kappa shape index (κ3) is 8.30. The molecule has 0 saturated heterocycles. The van der Waals surface area contributed by atoms with E-state index in [4.69, 9.17) is 4.74 Å². The maximum absolute atomic E-state index is 13.1. The molecule has 0 bridgehead atoms. The fourth-order valence-electron chi connectivity index (χ4n) is 2.90. The lowest BCUT2D eigenvalue weighted by Gasteiger charge is -2.23. The largest absolute Gasteiger partial charge is 0.494 e. The van der Waals surface area contributed by atoms with Gasteiger partial charge in [0.25, 0.3) is 5.91 Å². The van der Waals surface area contributed by atoms with Crippen LogP contribution in [0.2, 0.25) is 0 Å². The van der Waals surface area contributed by atoms with Crippen LogP contribution in [0.15, 0.2) is 24.3 Å². The van der Waals surface area contributed by atoms with Crippen molar-refractivity contribution in [1.29, 1.82) is 0 Å². The summed E-state index contributed by atoms with van der Waals surface area (Å²) in [6.07, 6.45) is 2.84. The highest BCUT2D eigenvalue weighted by Crippen LogP contribution is 2.21. The zero-order chi connectivity index (χ0) is 22.8. The van der Waals surface area contributed by atoms with Crippen LogP contribution in [0.3, 0.4) is 0 Å². The summed E-state index contributed by atoms with van der Waals surface area (Å²) in [7, 11) is 3.98. The Hall–Kier alpha value is -2.45. The number of nitrogens with zero attached hydrogens (tertiary/aromatic N) is 3. The molecular formula is C23H34N4O3S. The number of carbonyl (C=O) groups excluding carboxylic acids is 2. The Balaban J connectivity index is 2.04. The number of ether oxygens (including phenoxy) is 1. The van der Waals surface area contributed by atoms with E-state index in [-0.39, 0.29) is 18.4 Å². The molecule has 0 aliphatic heterocycles. The molecule has 0 radical (unpaired) electrons. The average Bonchev–Trinajstić information content (AvgIpc) is 3.03. The lowest BCUT2D eigenvalue weighted by molar-refractivity contribution is -0.116. The Kier molecular flexibility index (Phi) is 9.94. The number of unbranched alkanes of at least 4 members (excludes halogenated alkanes) is 1. The molecule has 0 fully saturated rings. The molecular weight excluding hydrogens is 412 g/mol. The van der Waals surface area contributed by atoms with E-state index in [9.17, 15) is 9.59 Å². The second-order valence-corrected chi connectivity index (χ2v) is 9.02. The van der Waals surface area contributed by atoms with Crippen LogP contribution < -0.4 is 10.1 Å². The average molecular weight is 447 g/mol. The minimum atomic E-state index is -0.244. The number of nitrogens with one attached hydrogen (secondary N) is 1. The van der Waals surface area contributed by atoms with Crippen LogP contribution in [-0.2, 0) is 4.79 Å². The van der Waals surface area contributed by atoms with Crippen molar-refractivity contribution in [2.24, 2.45) is 0 Å². The van der Waals surface area contributed by atoms with E-state index in [1.807, 2.05) is 40.1 Å². The lowest BCUT2D eigenvalue weighted by atomic mass is 10.2. The smallest absolute Gasteiger partial charge is 0.254 e. The molecule has 7 nitrogen and oxygen atoms in total. The minimum Gasteiger partial charge on any atom is -0.494 e. The van der Waals surface area contributed by atoms with E-state index in [0.29, 0.717) is 23.8 Å². The number of aryl methyl sites for hydroxylation is 2. The van der Waals surface area contributed by atoms with E-state index in [1.165, 1.54) is 11.3 Å². The lowest BCUT2D eigenvalue weighted by Crippen LogP contribution is -2.39. The summed E-state index contributed by atoms with van der Waals surface area (Å²) in [4.78, 5) is 34.8. The molecule has 0 aliphatic rings. The number of aromatic nitrogens is 1. The van der Waals surface area contributed by atoms with Gasteiger partial charge in [-0.1, -0.05) is 13.3 Å². The third-order valence-corrected chi connectivity index (χ3v) is 5.79. The van der Waals surface area contributed by atoms with E-state index in [2.05, 4.69) is 22.1 Å². The number of hydrogen-bond acceptors (Lipinski definition) is 6. The molecule has 0 aliphatic carbocycles. The van der Waals surface area contributed by atoms with Gasteiger partial charge in [0.05, 0.1) is 12.3 Å². The molecule has 2 aromatic rings. The van der Waals surface area contributed by atoms with Crippen LogP contribution in [0.5, 0.6) is 5.75 Å². The standard InChI is InChI=1S/C23H34N4O3S/c1-6-7-15-30-20-11-9-19(10-12-20)22(29)27(14-8-13-26(4)5)16-21(28)25-23-24-17(2)18(3)31-23/h9-12H,6-8,13-16H2,1-5H3,(H,24,25,28). The Bertz CT molecular complexity index is 830. The molecule has 8 heteroatoms. The topological polar surface area (TPSA) is 74.8 Å². The molecule has 0 unspecified atom stereocenters. The van der Waals surface area contributed by atoms with Gasteiger partial charge in [0.2, 0.25) is 5.91 Å².